The van der Waals surface area contributed by atoms with E-state index in [4.69, 9.17) is 10.5 Å². The minimum atomic E-state index is 0.184. The van der Waals surface area contributed by atoms with Crippen LogP contribution < -0.4 is 4.90 Å². The van der Waals surface area contributed by atoms with E-state index in [1.54, 1.807) is 0 Å². The fourth-order valence-electron chi connectivity index (χ4n) is 2.96. The van der Waals surface area contributed by atoms with Crippen LogP contribution >= 0.6 is 0 Å². The van der Waals surface area contributed by atoms with E-state index in [1.807, 2.05) is 24.3 Å². The van der Waals surface area contributed by atoms with Gasteiger partial charge in [-0.1, -0.05) is 13.0 Å². The first-order valence-corrected chi connectivity index (χ1v) is 6.96. The Morgan fingerprint density at radius 1 is 1.25 bits per heavy atom. The summed E-state index contributed by atoms with van der Waals surface area (Å²) in [4.78, 5) is 4.58. The summed E-state index contributed by atoms with van der Waals surface area (Å²) in [5.41, 5.74) is 1.72. The van der Waals surface area contributed by atoms with Gasteiger partial charge in [-0.15, -0.1) is 0 Å². The first-order chi connectivity index (χ1) is 9.63. The van der Waals surface area contributed by atoms with Gasteiger partial charge < -0.3 is 9.80 Å². The van der Waals surface area contributed by atoms with Gasteiger partial charge in [0, 0.05) is 25.3 Å². The van der Waals surface area contributed by atoms with Crippen LogP contribution in [0.1, 0.15) is 18.9 Å². The van der Waals surface area contributed by atoms with Crippen molar-refractivity contribution in [2.75, 3.05) is 31.6 Å². The van der Waals surface area contributed by atoms with Gasteiger partial charge in [0.2, 0.25) is 0 Å². The third-order valence-electron chi connectivity index (χ3n) is 3.73. The molecule has 4 nitrogen and oxygen atoms in total. The fraction of sp³-hybridized carbons (Fsp3) is 0.500. The van der Waals surface area contributed by atoms with E-state index in [0.29, 0.717) is 17.9 Å². The number of likely N-dealkylation sites (N-methyl/N-ethyl adjacent to an activating group) is 1. The first kappa shape index (κ1) is 14.4. The second-order valence-corrected chi connectivity index (χ2v) is 5.66. The van der Waals surface area contributed by atoms with Crippen molar-refractivity contribution in [1.82, 2.24) is 4.90 Å². The molecule has 0 N–H and O–H groups in total. The summed E-state index contributed by atoms with van der Waals surface area (Å²) >= 11 is 0. The maximum atomic E-state index is 9.08. The molecule has 0 saturated carbocycles. The highest BCUT2D eigenvalue weighted by Gasteiger charge is 2.26. The van der Waals surface area contributed by atoms with Crippen LogP contribution in [0.4, 0.5) is 5.69 Å². The quantitative estimate of drug-likeness (QED) is 0.825. The average molecular weight is 268 g/mol. The summed E-state index contributed by atoms with van der Waals surface area (Å²) < 4.78 is 0. The number of rotatable bonds is 2. The van der Waals surface area contributed by atoms with E-state index in [0.717, 1.165) is 25.3 Å². The summed E-state index contributed by atoms with van der Waals surface area (Å²) in [6, 6.07) is 12.3. The monoisotopic (exact) mass is 268 g/mol. The number of anilines is 1. The number of nitriles is 2. The molecule has 0 amide bonds. The SMILES string of the molecule is CC1CN(C)CC(CC#N)N(c2cccc(C#N)c2)C1. The van der Waals surface area contributed by atoms with Gasteiger partial charge in [0.1, 0.15) is 0 Å². The minimum absolute atomic E-state index is 0.184. The van der Waals surface area contributed by atoms with Crippen molar-refractivity contribution in [1.29, 1.82) is 10.5 Å². The second kappa shape index (κ2) is 6.41. The molecule has 1 aliphatic rings. The number of hydrogen-bond donors (Lipinski definition) is 0. The Hall–Kier alpha value is -2.04. The zero-order valence-electron chi connectivity index (χ0n) is 12.1. The molecule has 1 aromatic carbocycles. The topological polar surface area (TPSA) is 54.1 Å². The Morgan fingerprint density at radius 2 is 2.05 bits per heavy atom. The van der Waals surface area contributed by atoms with Crippen LogP contribution in [0.25, 0.3) is 0 Å². The van der Waals surface area contributed by atoms with Gasteiger partial charge in [-0.3, -0.25) is 0 Å². The molecule has 2 atom stereocenters. The third kappa shape index (κ3) is 3.29. The van der Waals surface area contributed by atoms with Crippen LogP contribution in [0.3, 0.4) is 0 Å². The summed E-state index contributed by atoms with van der Waals surface area (Å²) in [6.07, 6.45) is 0.508. The van der Waals surface area contributed by atoms with Crippen molar-refractivity contribution in [2.45, 2.75) is 19.4 Å². The first-order valence-electron chi connectivity index (χ1n) is 6.96. The predicted molar refractivity (Wildman–Crippen MR) is 79.2 cm³/mol. The van der Waals surface area contributed by atoms with Crippen molar-refractivity contribution in [3.63, 3.8) is 0 Å². The molecule has 2 rings (SSSR count). The van der Waals surface area contributed by atoms with Crippen molar-refractivity contribution in [3.05, 3.63) is 29.8 Å². The Balaban J connectivity index is 2.33. The molecule has 0 bridgehead atoms. The van der Waals surface area contributed by atoms with Crippen LogP contribution in [-0.2, 0) is 0 Å². The smallest absolute Gasteiger partial charge is 0.0992 e. The normalized spacial score (nSPS) is 23.7. The van der Waals surface area contributed by atoms with Crippen LogP contribution in [0, 0.1) is 28.6 Å². The molecule has 1 aliphatic heterocycles. The fourth-order valence-corrected chi connectivity index (χ4v) is 2.96. The standard InChI is InChI=1S/C16H20N4/c1-13-10-19(2)12-16(6-7-17)20(11-13)15-5-3-4-14(8-15)9-18/h3-5,8,13,16H,6,10-12H2,1-2H3. The minimum Gasteiger partial charge on any atom is -0.366 e. The van der Waals surface area contributed by atoms with Gasteiger partial charge in [0.25, 0.3) is 0 Å². The number of nitrogens with zero attached hydrogens (tertiary/aromatic N) is 4. The molecule has 1 fully saturated rings. The zero-order valence-corrected chi connectivity index (χ0v) is 12.1. The van der Waals surface area contributed by atoms with Crippen molar-refractivity contribution >= 4 is 5.69 Å². The van der Waals surface area contributed by atoms with Crippen LogP contribution in [0.15, 0.2) is 24.3 Å². The van der Waals surface area contributed by atoms with Gasteiger partial charge in [0.05, 0.1) is 30.2 Å². The molecule has 1 heterocycles. The highest BCUT2D eigenvalue weighted by Crippen LogP contribution is 2.24. The van der Waals surface area contributed by atoms with E-state index in [-0.39, 0.29) is 6.04 Å². The van der Waals surface area contributed by atoms with Gasteiger partial charge in [-0.25, -0.2) is 0 Å². The molecule has 4 heteroatoms. The van der Waals surface area contributed by atoms with Crippen molar-refractivity contribution < 1.29 is 0 Å². The summed E-state index contributed by atoms with van der Waals surface area (Å²) in [7, 11) is 2.11. The van der Waals surface area contributed by atoms with E-state index >= 15 is 0 Å². The second-order valence-electron chi connectivity index (χ2n) is 5.66. The molecule has 20 heavy (non-hydrogen) atoms. The Kier molecular flexibility index (Phi) is 4.61. The maximum absolute atomic E-state index is 9.08. The summed E-state index contributed by atoms with van der Waals surface area (Å²) in [5, 5.41) is 18.1. The lowest BCUT2D eigenvalue weighted by Crippen LogP contribution is -2.40. The maximum Gasteiger partial charge on any atom is 0.0992 e. The Morgan fingerprint density at radius 3 is 2.75 bits per heavy atom. The molecule has 104 valence electrons. The van der Waals surface area contributed by atoms with Gasteiger partial charge in [0.15, 0.2) is 0 Å². The van der Waals surface area contributed by atoms with E-state index in [2.05, 4.69) is 35.9 Å². The van der Waals surface area contributed by atoms with Crippen LogP contribution in [0.5, 0.6) is 0 Å². The molecule has 0 aromatic heterocycles. The number of hydrogen-bond acceptors (Lipinski definition) is 4. The predicted octanol–water partition coefficient (Wildman–Crippen LogP) is 2.23. The lowest BCUT2D eigenvalue weighted by atomic mass is 10.1. The highest BCUT2D eigenvalue weighted by atomic mass is 15.2. The largest absolute Gasteiger partial charge is 0.366 e. The molecule has 0 radical (unpaired) electrons. The molecule has 0 aliphatic carbocycles. The average Bonchev–Trinajstić information content (AvgIpc) is 2.57. The Bertz CT molecular complexity index is 540. The van der Waals surface area contributed by atoms with Crippen molar-refractivity contribution in [2.24, 2.45) is 5.92 Å². The molecule has 1 aromatic rings. The van der Waals surface area contributed by atoms with Crippen LogP contribution in [0.2, 0.25) is 0 Å². The molecule has 2 unspecified atom stereocenters. The van der Waals surface area contributed by atoms with E-state index in [9.17, 15) is 0 Å². The zero-order chi connectivity index (χ0) is 14.5. The van der Waals surface area contributed by atoms with Gasteiger partial charge in [-0.05, 0) is 31.2 Å². The molecular weight excluding hydrogens is 248 g/mol. The summed E-state index contributed by atoms with van der Waals surface area (Å²) in [6.45, 7) is 5.07. The molecular formula is C16H20N4. The lowest BCUT2D eigenvalue weighted by Gasteiger charge is -2.32. The van der Waals surface area contributed by atoms with Crippen molar-refractivity contribution in [3.8, 4) is 12.1 Å². The number of benzene rings is 1. The van der Waals surface area contributed by atoms with E-state index in [1.165, 1.54) is 0 Å². The Labute approximate surface area is 120 Å². The van der Waals surface area contributed by atoms with Crippen LogP contribution in [-0.4, -0.2) is 37.6 Å². The van der Waals surface area contributed by atoms with Gasteiger partial charge >= 0.3 is 0 Å². The highest BCUT2D eigenvalue weighted by molar-refractivity contribution is 5.52. The van der Waals surface area contributed by atoms with Gasteiger partial charge in [-0.2, -0.15) is 10.5 Å². The molecule has 0 spiro atoms. The summed E-state index contributed by atoms with van der Waals surface area (Å²) in [5.74, 6) is 0.537. The lowest BCUT2D eigenvalue weighted by molar-refractivity contribution is 0.304. The van der Waals surface area contributed by atoms with E-state index < -0.39 is 0 Å². The third-order valence-corrected chi connectivity index (χ3v) is 3.73. The molecule has 1 saturated heterocycles.